The molecule has 35 heavy (non-hydrogen) atoms. The van der Waals surface area contributed by atoms with Gasteiger partial charge in [0.05, 0.1) is 10.5 Å². The number of anilines is 1. The molecule has 13 heteroatoms. The van der Waals surface area contributed by atoms with Gasteiger partial charge in [-0.15, -0.1) is 0 Å². The monoisotopic (exact) mass is 521 g/mol. The molecular weight excluding hydrogens is 507 g/mol. The fourth-order valence-corrected chi connectivity index (χ4v) is 4.11. The minimum atomic E-state index is -6.17. The molecule has 1 N–H and O–H groups in total. The van der Waals surface area contributed by atoms with Crippen LogP contribution in [0.15, 0.2) is 83.8 Å². The van der Waals surface area contributed by atoms with Gasteiger partial charge in [0.15, 0.2) is 0 Å². The lowest BCUT2D eigenvalue weighted by Gasteiger charge is -2.36. The number of hydrogen-bond acceptors (Lipinski definition) is 4. The largest absolute Gasteiger partial charge is 0.442 e. The standard InChI is InChI=1S/C22H14F7NO4S/c23-16-10-6-14(7-11-16)19(31)34-20(21(24,25)26,22(27,28)29)15-8-12-17(13-9-15)30-35(32,33)18-4-2-1-3-5-18/h1-13,30H. The van der Waals surface area contributed by atoms with Crippen LogP contribution in [0.1, 0.15) is 15.9 Å². The molecule has 0 unspecified atom stereocenters. The SMILES string of the molecule is O=C(OC(c1ccc(NS(=O)(=O)c2ccccc2)cc1)(C(F)(F)F)C(F)(F)F)c1ccc(F)cc1. The van der Waals surface area contributed by atoms with E-state index in [0.717, 1.165) is 0 Å². The quantitative estimate of drug-likeness (QED) is 0.329. The van der Waals surface area contributed by atoms with E-state index in [9.17, 15) is 43.9 Å². The summed E-state index contributed by atoms with van der Waals surface area (Å²) in [7, 11) is -4.19. The maximum absolute atomic E-state index is 13.9. The Morgan fingerprint density at radius 3 is 1.74 bits per heavy atom. The highest BCUT2D eigenvalue weighted by atomic mass is 32.2. The molecule has 0 heterocycles. The van der Waals surface area contributed by atoms with Gasteiger partial charge in [0.25, 0.3) is 10.0 Å². The molecule has 0 atom stereocenters. The molecule has 0 saturated carbocycles. The minimum absolute atomic E-state index is 0.197. The Balaban J connectivity index is 2.02. The number of alkyl halides is 6. The van der Waals surface area contributed by atoms with Crippen LogP contribution >= 0.6 is 0 Å². The highest BCUT2D eigenvalue weighted by molar-refractivity contribution is 7.92. The molecule has 0 fully saturated rings. The van der Waals surface area contributed by atoms with Crippen LogP contribution in [-0.2, 0) is 20.4 Å². The fraction of sp³-hybridized carbons (Fsp3) is 0.136. The predicted molar refractivity (Wildman–Crippen MR) is 109 cm³/mol. The summed E-state index contributed by atoms with van der Waals surface area (Å²) in [6.07, 6.45) is -12.3. The summed E-state index contributed by atoms with van der Waals surface area (Å²) < 4.78 is 127. The van der Waals surface area contributed by atoms with Gasteiger partial charge >= 0.3 is 23.9 Å². The van der Waals surface area contributed by atoms with Gasteiger partial charge in [-0.1, -0.05) is 30.3 Å². The highest BCUT2D eigenvalue weighted by Crippen LogP contribution is 2.53. The Morgan fingerprint density at radius 1 is 0.743 bits per heavy atom. The van der Waals surface area contributed by atoms with Crippen molar-refractivity contribution < 1.29 is 48.7 Å². The van der Waals surface area contributed by atoms with Gasteiger partial charge in [-0.2, -0.15) is 26.3 Å². The Kier molecular flexibility index (Phi) is 6.84. The summed E-state index contributed by atoms with van der Waals surface area (Å²) in [5.41, 5.74) is -7.73. The number of benzene rings is 3. The van der Waals surface area contributed by atoms with Crippen LogP contribution in [0.2, 0.25) is 0 Å². The molecule has 3 aromatic rings. The van der Waals surface area contributed by atoms with E-state index in [2.05, 4.69) is 4.74 Å². The molecule has 0 aliphatic heterocycles. The Morgan fingerprint density at radius 2 is 1.26 bits per heavy atom. The van der Waals surface area contributed by atoms with Gasteiger partial charge < -0.3 is 4.74 Å². The molecule has 0 spiro atoms. The van der Waals surface area contributed by atoms with Crippen molar-refractivity contribution in [2.45, 2.75) is 22.8 Å². The lowest BCUT2D eigenvalue weighted by atomic mass is 9.91. The van der Waals surface area contributed by atoms with Crippen LogP contribution in [0.25, 0.3) is 0 Å². The second-order valence-electron chi connectivity index (χ2n) is 7.07. The lowest BCUT2D eigenvalue weighted by molar-refractivity contribution is -0.373. The van der Waals surface area contributed by atoms with Crippen molar-refractivity contribution in [3.05, 3.63) is 95.8 Å². The maximum Gasteiger partial charge on any atom is 0.442 e. The van der Waals surface area contributed by atoms with Crippen LogP contribution in [0.3, 0.4) is 0 Å². The topological polar surface area (TPSA) is 72.5 Å². The summed E-state index contributed by atoms with van der Waals surface area (Å²) in [5, 5.41) is 0. The fourth-order valence-electron chi connectivity index (χ4n) is 3.03. The molecule has 0 aromatic heterocycles. The molecular formula is C22H14F7NO4S. The summed E-state index contributed by atoms with van der Waals surface area (Å²) >= 11 is 0. The first-order valence-electron chi connectivity index (χ1n) is 9.48. The number of sulfonamides is 1. The van der Waals surface area contributed by atoms with E-state index in [0.29, 0.717) is 48.5 Å². The van der Waals surface area contributed by atoms with Crippen LogP contribution in [0, 0.1) is 5.82 Å². The summed E-state index contributed by atoms with van der Waals surface area (Å²) in [6, 6.07) is 11.4. The number of rotatable bonds is 6. The third kappa shape index (κ3) is 5.24. The lowest BCUT2D eigenvalue weighted by Crippen LogP contribution is -2.56. The van der Waals surface area contributed by atoms with Crippen molar-refractivity contribution in [3.63, 3.8) is 0 Å². The molecule has 0 amide bonds. The van der Waals surface area contributed by atoms with Crippen molar-refractivity contribution >= 4 is 21.7 Å². The maximum atomic E-state index is 13.9. The number of esters is 1. The van der Waals surface area contributed by atoms with Gasteiger partial charge in [-0.3, -0.25) is 4.72 Å². The first-order chi connectivity index (χ1) is 16.2. The molecule has 3 aromatic carbocycles. The molecule has 3 rings (SSSR count). The molecule has 186 valence electrons. The minimum Gasteiger partial charge on any atom is -0.431 e. The Bertz CT molecular complexity index is 1270. The Labute approximate surface area is 194 Å². The van der Waals surface area contributed by atoms with Crippen molar-refractivity contribution in [3.8, 4) is 0 Å². The number of carbonyl (C=O) groups is 1. The third-order valence-electron chi connectivity index (χ3n) is 4.72. The first-order valence-corrected chi connectivity index (χ1v) is 11.0. The number of halogens is 7. The van der Waals surface area contributed by atoms with E-state index in [4.69, 9.17) is 0 Å². The van der Waals surface area contributed by atoms with Crippen molar-refractivity contribution in [1.82, 2.24) is 0 Å². The average Bonchev–Trinajstić information content (AvgIpc) is 2.77. The van der Waals surface area contributed by atoms with Crippen molar-refractivity contribution in [2.24, 2.45) is 0 Å². The van der Waals surface area contributed by atoms with E-state index in [-0.39, 0.29) is 10.6 Å². The number of nitrogens with one attached hydrogen (secondary N) is 1. The van der Waals surface area contributed by atoms with E-state index in [1.54, 1.807) is 0 Å². The molecule has 0 aliphatic carbocycles. The van der Waals surface area contributed by atoms with Crippen LogP contribution in [-0.4, -0.2) is 26.7 Å². The van der Waals surface area contributed by atoms with Crippen LogP contribution in [0.5, 0.6) is 0 Å². The predicted octanol–water partition coefficient (Wildman–Crippen LogP) is 5.80. The number of hydrogen-bond donors (Lipinski definition) is 1. The molecule has 0 radical (unpaired) electrons. The van der Waals surface area contributed by atoms with Gasteiger partial charge in [-0.05, 0) is 48.5 Å². The van der Waals surface area contributed by atoms with Gasteiger partial charge in [0.2, 0.25) is 0 Å². The van der Waals surface area contributed by atoms with E-state index < -0.39 is 50.9 Å². The number of carbonyl (C=O) groups excluding carboxylic acids is 1. The van der Waals surface area contributed by atoms with Crippen LogP contribution in [0.4, 0.5) is 36.4 Å². The van der Waals surface area contributed by atoms with E-state index in [1.165, 1.54) is 30.3 Å². The molecule has 0 aliphatic rings. The molecule has 0 bridgehead atoms. The first kappa shape index (κ1) is 26.0. The second-order valence-corrected chi connectivity index (χ2v) is 8.75. The summed E-state index contributed by atoms with van der Waals surface area (Å²) in [5.74, 6) is -2.89. The smallest absolute Gasteiger partial charge is 0.431 e. The summed E-state index contributed by atoms with van der Waals surface area (Å²) in [6.45, 7) is 0. The van der Waals surface area contributed by atoms with Crippen LogP contribution < -0.4 is 4.72 Å². The van der Waals surface area contributed by atoms with Gasteiger partial charge in [0, 0.05) is 11.3 Å². The average molecular weight is 521 g/mol. The zero-order chi connectivity index (χ0) is 26.1. The summed E-state index contributed by atoms with van der Waals surface area (Å²) in [4.78, 5) is 12.0. The zero-order valence-electron chi connectivity index (χ0n) is 17.2. The van der Waals surface area contributed by atoms with Gasteiger partial charge in [-0.25, -0.2) is 17.6 Å². The second kappa shape index (κ2) is 9.21. The Hall–Kier alpha value is -3.61. The normalized spacial score (nSPS) is 12.8. The van der Waals surface area contributed by atoms with Crippen molar-refractivity contribution in [2.75, 3.05) is 4.72 Å². The van der Waals surface area contributed by atoms with Gasteiger partial charge in [0.1, 0.15) is 5.82 Å². The molecule has 0 saturated heterocycles. The van der Waals surface area contributed by atoms with Crippen molar-refractivity contribution in [1.29, 1.82) is 0 Å². The zero-order valence-corrected chi connectivity index (χ0v) is 18.0. The highest BCUT2D eigenvalue weighted by Gasteiger charge is 2.75. The molecule has 5 nitrogen and oxygen atoms in total. The third-order valence-corrected chi connectivity index (χ3v) is 6.12. The van der Waals surface area contributed by atoms with E-state index >= 15 is 0 Å². The number of ether oxygens (including phenoxy) is 1. The van der Waals surface area contributed by atoms with E-state index in [1.807, 2.05) is 4.72 Å².